The molecule has 2 aromatic carbocycles. The number of carbonyl (C=O) groups is 2. The normalized spacial score (nSPS) is 17.9. The highest BCUT2D eigenvalue weighted by Gasteiger charge is 2.48. The van der Waals surface area contributed by atoms with Gasteiger partial charge in [-0.25, -0.2) is 4.39 Å². The molecule has 4 rings (SSSR count). The fraction of sp³-hybridized carbons (Fsp3) is 0.261. The molecule has 0 saturated heterocycles. The summed E-state index contributed by atoms with van der Waals surface area (Å²) in [7, 11) is 1.55. The molecule has 0 radical (unpaired) electrons. The van der Waals surface area contributed by atoms with E-state index in [-0.39, 0.29) is 30.7 Å². The summed E-state index contributed by atoms with van der Waals surface area (Å²) in [5, 5.41) is 7.28. The fourth-order valence-electron chi connectivity index (χ4n) is 3.84. The summed E-state index contributed by atoms with van der Waals surface area (Å²) in [4.78, 5) is 28.4. The van der Waals surface area contributed by atoms with Crippen LogP contribution in [-0.2, 0) is 17.9 Å². The zero-order valence-electron chi connectivity index (χ0n) is 17.6. The SMILES string of the molecule is COc1cccc(N2C(=O)c3cc(C)nn3CC2(C)C(=O)NCc2ccc(F)cc2)c1. The summed E-state index contributed by atoms with van der Waals surface area (Å²) in [5.74, 6) is -0.424. The van der Waals surface area contributed by atoms with E-state index in [4.69, 9.17) is 4.74 Å². The van der Waals surface area contributed by atoms with E-state index in [0.29, 0.717) is 22.8 Å². The van der Waals surface area contributed by atoms with Gasteiger partial charge in [-0.1, -0.05) is 18.2 Å². The minimum Gasteiger partial charge on any atom is -0.497 e. The Labute approximate surface area is 179 Å². The van der Waals surface area contributed by atoms with Crippen LogP contribution < -0.4 is 15.0 Å². The van der Waals surface area contributed by atoms with Crippen molar-refractivity contribution in [2.75, 3.05) is 12.0 Å². The molecule has 2 amide bonds. The van der Waals surface area contributed by atoms with Crippen LogP contribution in [0, 0.1) is 12.7 Å². The molecule has 0 spiro atoms. The number of hydrogen-bond donors (Lipinski definition) is 1. The number of aryl methyl sites for hydroxylation is 1. The number of halogens is 1. The van der Waals surface area contributed by atoms with Crippen LogP contribution in [0.1, 0.15) is 28.7 Å². The van der Waals surface area contributed by atoms with Gasteiger partial charge in [0.25, 0.3) is 5.91 Å². The van der Waals surface area contributed by atoms with Crippen molar-refractivity contribution in [3.8, 4) is 5.75 Å². The van der Waals surface area contributed by atoms with Gasteiger partial charge in [0.05, 0.1) is 19.3 Å². The third-order valence-corrected chi connectivity index (χ3v) is 5.44. The molecule has 1 atom stereocenters. The van der Waals surface area contributed by atoms with Gasteiger partial charge in [0, 0.05) is 18.3 Å². The Morgan fingerprint density at radius 1 is 1.23 bits per heavy atom. The van der Waals surface area contributed by atoms with Gasteiger partial charge in [0.2, 0.25) is 5.91 Å². The van der Waals surface area contributed by atoms with Crippen molar-refractivity contribution in [1.82, 2.24) is 15.1 Å². The van der Waals surface area contributed by atoms with Crippen molar-refractivity contribution >= 4 is 17.5 Å². The quantitative estimate of drug-likeness (QED) is 0.686. The van der Waals surface area contributed by atoms with Gasteiger partial charge >= 0.3 is 0 Å². The van der Waals surface area contributed by atoms with E-state index in [1.807, 2.05) is 0 Å². The average Bonchev–Trinajstić information content (AvgIpc) is 3.13. The average molecular weight is 422 g/mol. The lowest BCUT2D eigenvalue weighted by molar-refractivity contribution is -0.126. The topological polar surface area (TPSA) is 76.5 Å². The molecule has 1 aliphatic heterocycles. The number of benzene rings is 2. The van der Waals surface area contributed by atoms with Gasteiger partial charge in [-0.3, -0.25) is 19.2 Å². The molecule has 160 valence electrons. The lowest BCUT2D eigenvalue weighted by Gasteiger charge is -2.43. The molecule has 31 heavy (non-hydrogen) atoms. The van der Waals surface area contributed by atoms with Crippen LogP contribution in [0.3, 0.4) is 0 Å². The Bertz CT molecular complexity index is 1140. The number of rotatable bonds is 5. The molecule has 8 heteroatoms. The summed E-state index contributed by atoms with van der Waals surface area (Å²) in [5.41, 5.74) is 1.18. The van der Waals surface area contributed by atoms with Crippen LogP contribution in [0.2, 0.25) is 0 Å². The van der Waals surface area contributed by atoms with Crippen molar-refractivity contribution < 1.29 is 18.7 Å². The molecule has 0 bridgehead atoms. The smallest absolute Gasteiger partial charge is 0.277 e. The molecular weight excluding hydrogens is 399 g/mol. The Balaban J connectivity index is 1.71. The van der Waals surface area contributed by atoms with E-state index in [0.717, 1.165) is 5.56 Å². The second-order valence-electron chi connectivity index (χ2n) is 7.75. The Kier molecular flexibility index (Phi) is 5.22. The largest absolute Gasteiger partial charge is 0.497 e. The molecular formula is C23H23FN4O3. The van der Waals surface area contributed by atoms with Crippen LogP contribution in [0.15, 0.2) is 54.6 Å². The van der Waals surface area contributed by atoms with Gasteiger partial charge in [-0.05, 0) is 49.7 Å². The number of nitrogens with one attached hydrogen (secondary N) is 1. The van der Waals surface area contributed by atoms with Crippen LogP contribution >= 0.6 is 0 Å². The van der Waals surface area contributed by atoms with Gasteiger partial charge in [0.15, 0.2) is 0 Å². The van der Waals surface area contributed by atoms with Gasteiger partial charge in [-0.2, -0.15) is 5.10 Å². The highest BCUT2D eigenvalue weighted by Crippen LogP contribution is 2.34. The standard InChI is InChI=1S/C23H23FN4O3/c1-15-11-20-21(29)28(18-5-4-6-19(12-18)31-3)23(2,14-27(20)26-15)22(30)25-13-16-7-9-17(24)10-8-16/h4-12H,13-14H2,1-3H3,(H,25,30). The van der Waals surface area contributed by atoms with Crippen LogP contribution in [0.25, 0.3) is 0 Å². The summed E-state index contributed by atoms with van der Waals surface area (Å²) in [6.07, 6.45) is 0. The number of nitrogens with zero attached hydrogens (tertiary/aromatic N) is 3. The first-order valence-electron chi connectivity index (χ1n) is 9.87. The molecule has 3 aromatic rings. The third-order valence-electron chi connectivity index (χ3n) is 5.44. The lowest BCUT2D eigenvalue weighted by atomic mass is 9.93. The molecule has 1 unspecified atom stereocenters. The van der Waals surface area contributed by atoms with E-state index in [1.54, 1.807) is 68.1 Å². The highest BCUT2D eigenvalue weighted by molar-refractivity contribution is 6.11. The van der Waals surface area contributed by atoms with Gasteiger partial charge in [-0.15, -0.1) is 0 Å². The van der Waals surface area contributed by atoms with Gasteiger partial charge < -0.3 is 10.1 Å². The maximum atomic E-state index is 13.5. The first kappa shape index (κ1) is 20.6. The Morgan fingerprint density at radius 2 is 1.97 bits per heavy atom. The van der Waals surface area contributed by atoms with Crippen LogP contribution in [-0.4, -0.2) is 34.2 Å². The van der Waals surface area contributed by atoms with Crippen molar-refractivity contribution in [3.63, 3.8) is 0 Å². The zero-order chi connectivity index (χ0) is 22.2. The summed E-state index contributed by atoms with van der Waals surface area (Å²) >= 11 is 0. The Hall–Kier alpha value is -3.68. The van der Waals surface area contributed by atoms with Crippen LogP contribution in [0.4, 0.5) is 10.1 Å². The van der Waals surface area contributed by atoms with Crippen molar-refractivity contribution in [2.45, 2.75) is 32.5 Å². The first-order chi connectivity index (χ1) is 14.8. The molecule has 0 fully saturated rings. The van der Waals surface area contributed by atoms with Crippen LogP contribution in [0.5, 0.6) is 5.75 Å². The lowest BCUT2D eigenvalue weighted by Crippen LogP contribution is -2.64. The molecule has 1 aromatic heterocycles. The number of anilines is 1. The van der Waals surface area contributed by atoms with Crippen molar-refractivity contribution in [2.24, 2.45) is 0 Å². The maximum absolute atomic E-state index is 13.5. The molecule has 1 aliphatic rings. The highest BCUT2D eigenvalue weighted by atomic mass is 19.1. The third kappa shape index (κ3) is 3.76. The number of fused-ring (bicyclic) bond motifs is 1. The Morgan fingerprint density at radius 3 is 2.68 bits per heavy atom. The van der Waals surface area contributed by atoms with E-state index < -0.39 is 5.54 Å². The number of hydrogen-bond acceptors (Lipinski definition) is 4. The molecule has 0 saturated carbocycles. The number of carbonyl (C=O) groups excluding carboxylic acids is 2. The molecule has 2 heterocycles. The van der Waals surface area contributed by atoms with Crippen molar-refractivity contribution in [1.29, 1.82) is 0 Å². The second-order valence-corrected chi connectivity index (χ2v) is 7.75. The molecule has 1 N–H and O–H groups in total. The molecule has 0 aliphatic carbocycles. The predicted molar refractivity (Wildman–Crippen MR) is 113 cm³/mol. The first-order valence-corrected chi connectivity index (χ1v) is 9.87. The summed E-state index contributed by atoms with van der Waals surface area (Å²) < 4.78 is 20.1. The van der Waals surface area contributed by atoms with Crippen molar-refractivity contribution in [3.05, 3.63) is 77.4 Å². The van der Waals surface area contributed by atoms with E-state index in [2.05, 4.69) is 10.4 Å². The second kappa shape index (κ2) is 7.86. The van der Waals surface area contributed by atoms with E-state index >= 15 is 0 Å². The number of methoxy groups -OCH3 is 1. The minimum absolute atomic E-state index is 0.189. The zero-order valence-corrected chi connectivity index (χ0v) is 17.6. The minimum atomic E-state index is -1.24. The van der Waals surface area contributed by atoms with E-state index in [9.17, 15) is 14.0 Å². The summed E-state index contributed by atoms with van der Waals surface area (Å²) in [6.45, 7) is 3.92. The fourth-order valence-corrected chi connectivity index (χ4v) is 3.84. The maximum Gasteiger partial charge on any atom is 0.277 e. The monoisotopic (exact) mass is 422 g/mol. The van der Waals surface area contributed by atoms with Gasteiger partial charge in [0.1, 0.15) is 22.8 Å². The number of ether oxygens (including phenoxy) is 1. The number of amides is 2. The van der Waals surface area contributed by atoms with E-state index in [1.165, 1.54) is 17.0 Å². The predicted octanol–water partition coefficient (Wildman–Crippen LogP) is 3.07. The number of aromatic nitrogens is 2. The molecule has 7 nitrogen and oxygen atoms in total. The summed E-state index contributed by atoms with van der Waals surface area (Å²) in [6, 6.07) is 14.7.